The van der Waals surface area contributed by atoms with Crippen LogP contribution in [-0.4, -0.2) is 0 Å². The van der Waals surface area contributed by atoms with Gasteiger partial charge in [0.2, 0.25) is 0 Å². The lowest BCUT2D eigenvalue weighted by atomic mass is 10.00. The minimum Gasteiger partial charge on any atom is -0.176 e. The summed E-state index contributed by atoms with van der Waals surface area (Å²) in [6, 6.07) is 23.5. The molecule has 0 radical (unpaired) electrons. The van der Waals surface area contributed by atoms with Gasteiger partial charge in [-0.15, -0.1) is 0 Å². The number of benzene rings is 3. The zero-order valence-corrected chi connectivity index (χ0v) is 13.2. The maximum atomic E-state index is 12.8. The molecule has 126 valence electrons. The molecule has 3 aromatic rings. The summed E-state index contributed by atoms with van der Waals surface area (Å²) in [5.74, 6) is 0. The van der Waals surface area contributed by atoms with E-state index < -0.39 is 11.7 Å². The van der Waals surface area contributed by atoms with E-state index in [1.807, 2.05) is 60.7 Å². The summed E-state index contributed by atoms with van der Waals surface area (Å²) < 4.78 is 38.5. The minimum atomic E-state index is -4.40. The van der Waals surface area contributed by atoms with Gasteiger partial charge in [0.05, 0.1) is 11.3 Å². The average molecular weight is 340 g/mol. The highest BCUT2D eigenvalue weighted by molar-refractivity contribution is 5.41. The molecule has 0 aliphatic carbocycles. The molecular formula is C20H15F3N2. The summed E-state index contributed by atoms with van der Waals surface area (Å²) >= 11 is 0. The van der Waals surface area contributed by atoms with Crippen LogP contribution in [0.2, 0.25) is 0 Å². The first-order chi connectivity index (χ1) is 12.0. The summed E-state index contributed by atoms with van der Waals surface area (Å²) in [5, 5.41) is 8.37. The van der Waals surface area contributed by atoms with Crippen LogP contribution in [0.5, 0.6) is 0 Å². The highest BCUT2D eigenvalue weighted by Gasteiger charge is 2.30. The molecule has 0 unspecified atom stereocenters. The maximum absolute atomic E-state index is 12.8. The molecule has 0 bridgehead atoms. The summed E-state index contributed by atoms with van der Waals surface area (Å²) in [6.07, 6.45) is -4.40. The van der Waals surface area contributed by atoms with Gasteiger partial charge in [-0.3, -0.25) is 0 Å². The molecule has 0 aliphatic heterocycles. The van der Waals surface area contributed by atoms with Crippen LogP contribution in [0.1, 0.15) is 22.7 Å². The molecule has 0 fully saturated rings. The zero-order valence-electron chi connectivity index (χ0n) is 13.2. The molecule has 0 heterocycles. The third kappa shape index (κ3) is 4.32. The van der Waals surface area contributed by atoms with Crippen molar-refractivity contribution < 1.29 is 13.2 Å². The van der Waals surface area contributed by atoms with Crippen LogP contribution in [-0.2, 0) is 6.18 Å². The average Bonchev–Trinajstić information content (AvgIpc) is 2.63. The Balaban J connectivity index is 1.95. The molecule has 5 heteroatoms. The molecule has 0 atom stereocenters. The van der Waals surface area contributed by atoms with Crippen molar-refractivity contribution in [3.05, 3.63) is 102 Å². The van der Waals surface area contributed by atoms with Gasteiger partial charge in [0.15, 0.2) is 0 Å². The molecule has 3 aromatic carbocycles. The molecule has 0 saturated carbocycles. The summed E-state index contributed by atoms with van der Waals surface area (Å²) in [7, 11) is 0. The predicted octanol–water partition coefficient (Wildman–Crippen LogP) is 6.58. The van der Waals surface area contributed by atoms with Crippen molar-refractivity contribution in [2.75, 3.05) is 0 Å². The standard InChI is InChI=1S/C20H15F3N2/c21-20(22,23)17-12-7-13-18(14-17)24-25-19(15-8-3-1-4-9-15)16-10-5-2-6-11-16/h1-14,19H. The number of alkyl halides is 3. The lowest BCUT2D eigenvalue weighted by molar-refractivity contribution is -0.137. The molecule has 0 spiro atoms. The second-order valence-corrected chi connectivity index (χ2v) is 5.49. The first kappa shape index (κ1) is 16.9. The maximum Gasteiger partial charge on any atom is 0.416 e. The van der Waals surface area contributed by atoms with Crippen LogP contribution in [0.4, 0.5) is 18.9 Å². The highest BCUT2D eigenvalue weighted by atomic mass is 19.4. The van der Waals surface area contributed by atoms with Crippen LogP contribution < -0.4 is 0 Å². The van der Waals surface area contributed by atoms with Crippen molar-refractivity contribution in [1.82, 2.24) is 0 Å². The third-order valence-electron chi connectivity index (χ3n) is 3.69. The SMILES string of the molecule is FC(F)(F)c1cccc(N=NC(c2ccccc2)c2ccccc2)c1. The van der Waals surface area contributed by atoms with Gasteiger partial charge in [-0.1, -0.05) is 66.7 Å². The van der Waals surface area contributed by atoms with E-state index in [0.29, 0.717) is 0 Å². The van der Waals surface area contributed by atoms with Crippen LogP contribution in [0, 0.1) is 0 Å². The third-order valence-corrected chi connectivity index (χ3v) is 3.69. The lowest BCUT2D eigenvalue weighted by Gasteiger charge is -2.12. The van der Waals surface area contributed by atoms with Gasteiger partial charge in [-0.25, -0.2) is 0 Å². The van der Waals surface area contributed by atoms with E-state index >= 15 is 0 Å². The van der Waals surface area contributed by atoms with E-state index in [0.717, 1.165) is 23.3 Å². The molecule has 0 N–H and O–H groups in total. The topological polar surface area (TPSA) is 24.7 Å². The van der Waals surface area contributed by atoms with E-state index in [4.69, 9.17) is 0 Å². The van der Waals surface area contributed by atoms with Gasteiger partial charge in [-0.05, 0) is 29.3 Å². The monoisotopic (exact) mass is 340 g/mol. The summed E-state index contributed by atoms with van der Waals surface area (Å²) in [5.41, 5.74) is 1.28. The van der Waals surface area contributed by atoms with Crippen LogP contribution in [0.3, 0.4) is 0 Å². The number of rotatable bonds is 4. The Morgan fingerprint density at radius 3 is 1.76 bits per heavy atom. The van der Waals surface area contributed by atoms with Gasteiger partial charge < -0.3 is 0 Å². The summed E-state index contributed by atoms with van der Waals surface area (Å²) in [6.45, 7) is 0. The first-order valence-corrected chi connectivity index (χ1v) is 7.72. The highest BCUT2D eigenvalue weighted by Crippen LogP contribution is 2.32. The van der Waals surface area contributed by atoms with E-state index in [-0.39, 0.29) is 11.7 Å². The molecule has 25 heavy (non-hydrogen) atoms. The van der Waals surface area contributed by atoms with Crippen molar-refractivity contribution >= 4 is 5.69 Å². The Morgan fingerprint density at radius 1 is 0.680 bits per heavy atom. The fourth-order valence-corrected chi connectivity index (χ4v) is 2.47. The second-order valence-electron chi connectivity index (χ2n) is 5.49. The molecule has 0 aliphatic rings. The Kier molecular flexibility index (Phi) is 4.93. The number of hydrogen-bond acceptors (Lipinski definition) is 2. The van der Waals surface area contributed by atoms with Gasteiger partial charge in [-0.2, -0.15) is 23.4 Å². The van der Waals surface area contributed by atoms with E-state index in [2.05, 4.69) is 10.2 Å². The van der Waals surface area contributed by atoms with Gasteiger partial charge in [0.25, 0.3) is 0 Å². The van der Waals surface area contributed by atoms with Gasteiger partial charge >= 0.3 is 6.18 Å². The van der Waals surface area contributed by atoms with Crippen molar-refractivity contribution in [2.45, 2.75) is 12.2 Å². The van der Waals surface area contributed by atoms with Crippen molar-refractivity contribution in [3.63, 3.8) is 0 Å². The zero-order chi connectivity index (χ0) is 17.7. The first-order valence-electron chi connectivity index (χ1n) is 7.72. The Bertz CT molecular complexity index is 804. The predicted molar refractivity (Wildman–Crippen MR) is 90.7 cm³/mol. The smallest absolute Gasteiger partial charge is 0.176 e. The van der Waals surface area contributed by atoms with Crippen molar-refractivity contribution in [2.24, 2.45) is 10.2 Å². The van der Waals surface area contributed by atoms with E-state index in [1.165, 1.54) is 12.1 Å². The Labute approximate surface area is 143 Å². The van der Waals surface area contributed by atoms with E-state index in [9.17, 15) is 13.2 Å². The Hall–Kier alpha value is -2.95. The molecule has 0 saturated heterocycles. The fraction of sp³-hybridized carbons (Fsp3) is 0.100. The lowest BCUT2D eigenvalue weighted by Crippen LogP contribution is -2.03. The largest absolute Gasteiger partial charge is 0.416 e. The molecule has 2 nitrogen and oxygen atoms in total. The van der Waals surface area contributed by atoms with Gasteiger partial charge in [0, 0.05) is 0 Å². The number of azo groups is 1. The molecule has 3 rings (SSSR count). The number of halogens is 3. The van der Waals surface area contributed by atoms with E-state index in [1.54, 1.807) is 0 Å². The second kappa shape index (κ2) is 7.30. The summed E-state index contributed by atoms with van der Waals surface area (Å²) in [4.78, 5) is 0. The van der Waals surface area contributed by atoms with Crippen molar-refractivity contribution in [3.8, 4) is 0 Å². The van der Waals surface area contributed by atoms with Crippen molar-refractivity contribution in [1.29, 1.82) is 0 Å². The molecule has 0 amide bonds. The fourth-order valence-electron chi connectivity index (χ4n) is 2.47. The number of nitrogens with zero attached hydrogens (tertiary/aromatic N) is 2. The molecular weight excluding hydrogens is 325 g/mol. The Morgan fingerprint density at radius 2 is 1.24 bits per heavy atom. The van der Waals surface area contributed by atoms with Crippen LogP contribution >= 0.6 is 0 Å². The van der Waals surface area contributed by atoms with Gasteiger partial charge in [0.1, 0.15) is 6.04 Å². The number of hydrogen-bond donors (Lipinski definition) is 0. The quantitative estimate of drug-likeness (QED) is 0.479. The molecule has 0 aromatic heterocycles. The van der Waals surface area contributed by atoms with Crippen LogP contribution in [0.15, 0.2) is 95.2 Å². The minimum absolute atomic E-state index is 0.173. The van der Waals surface area contributed by atoms with Crippen LogP contribution in [0.25, 0.3) is 0 Å². The normalized spacial score (nSPS) is 12.0.